The molecule has 0 aliphatic heterocycles. The first-order valence-corrected chi connectivity index (χ1v) is 6.51. The number of benzene rings is 1. The predicted molar refractivity (Wildman–Crippen MR) is 73.9 cm³/mol. The zero-order chi connectivity index (χ0) is 13.7. The number of methoxy groups -OCH3 is 1. The standard InChI is InChI=1S/C13H18BrNO3/c1-9(2)15(8-13(16)17)7-10-4-5-11(18-3)6-12(10)14/h4-6,9H,7-8H2,1-3H3,(H,16,17). The van der Waals surface area contributed by atoms with Crippen LogP contribution >= 0.6 is 15.9 Å². The molecule has 0 saturated heterocycles. The summed E-state index contributed by atoms with van der Waals surface area (Å²) in [7, 11) is 1.62. The normalized spacial score (nSPS) is 11.0. The molecular weight excluding hydrogens is 298 g/mol. The van der Waals surface area contributed by atoms with Gasteiger partial charge < -0.3 is 9.84 Å². The van der Waals surface area contributed by atoms with Gasteiger partial charge >= 0.3 is 5.97 Å². The molecule has 100 valence electrons. The molecule has 0 aliphatic rings. The molecule has 0 fully saturated rings. The number of aliphatic carboxylic acids is 1. The van der Waals surface area contributed by atoms with Gasteiger partial charge in [0.25, 0.3) is 0 Å². The maximum absolute atomic E-state index is 10.8. The summed E-state index contributed by atoms with van der Waals surface area (Å²) in [5, 5.41) is 8.89. The highest BCUT2D eigenvalue weighted by Gasteiger charge is 2.15. The minimum atomic E-state index is -0.812. The molecule has 0 aromatic heterocycles. The van der Waals surface area contributed by atoms with Gasteiger partial charge in [-0.05, 0) is 31.5 Å². The number of ether oxygens (including phenoxy) is 1. The van der Waals surface area contributed by atoms with E-state index in [0.29, 0.717) is 6.54 Å². The van der Waals surface area contributed by atoms with E-state index in [0.717, 1.165) is 15.8 Å². The highest BCUT2D eigenvalue weighted by atomic mass is 79.9. The van der Waals surface area contributed by atoms with Crippen LogP contribution in [0.1, 0.15) is 19.4 Å². The fraction of sp³-hybridized carbons (Fsp3) is 0.462. The van der Waals surface area contributed by atoms with Gasteiger partial charge in [-0.1, -0.05) is 22.0 Å². The minimum Gasteiger partial charge on any atom is -0.497 e. The Kier molecular flexibility index (Phi) is 5.62. The molecule has 0 heterocycles. The van der Waals surface area contributed by atoms with Crippen molar-refractivity contribution >= 4 is 21.9 Å². The second-order valence-electron chi connectivity index (χ2n) is 4.35. The Bertz CT molecular complexity index is 421. The van der Waals surface area contributed by atoms with Crippen molar-refractivity contribution in [3.8, 4) is 5.75 Å². The molecule has 4 nitrogen and oxygen atoms in total. The summed E-state index contributed by atoms with van der Waals surface area (Å²) in [5.74, 6) is -0.0340. The number of hydrogen-bond acceptors (Lipinski definition) is 3. The van der Waals surface area contributed by atoms with Gasteiger partial charge in [0, 0.05) is 17.1 Å². The maximum Gasteiger partial charge on any atom is 0.317 e. The molecule has 5 heteroatoms. The zero-order valence-corrected chi connectivity index (χ0v) is 12.4. The van der Waals surface area contributed by atoms with E-state index in [1.165, 1.54) is 0 Å². The lowest BCUT2D eigenvalue weighted by Gasteiger charge is -2.25. The summed E-state index contributed by atoms with van der Waals surface area (Å²) in [5.41, 5.74) is 1.05. The van der Waals surface area contributed by atoms with Crippen LogP contribution in [0.4, 0.5) is 0 Å². The van der Waals surface area contributed by atoms with Gasteiger partial charge in [0.15, 0.2) is 0 Å². The first-order valence-electron chi connectivity index (χ1n) is 5.72. The van der Waals surface area contributed by atoms with E-state index in [4.69, 9.17) is 9.84 Å². The molecule has 0 aliphatic carbocycles. The summed E-state index contributed by atoms with van der Waals surface area (Å²) >= 11 is 3.48. The van der Waals surface area contributed by atoms with Gasteiger partial charge in [0.05, 0.1) is 13.7 Å². The van der Waals surface area contributed by atoms with Crippen molar-refractivity contribution in [3.63, 3.8) is 0 Å². The number of halogens is 1. The third-order valence-corrected chi connectivity index (χ3v) is 3.44. The molecular formula is C13H18BrNO3. The third-order valence-electron chi connectivity index (χ3n) is 2.70. The van der Waals surface area contributed by atoms with Crippen LogP contribution in [0.5, 0.6) is 5.75 Å². The lowest BCUT2D eigenvalue weighted by Crippen LogP contribution is -2.35. The zero-order valence-electron chi connectivity index (χ0n) is 10.8. The van der Waals surface area contributed by atoms with Crippen molar-refractivity contribution in [2.75, 3.05) is 13.7 Å². The molecule has 0 radical (unpaired) electrons. The Hall–Kier alpha value is -1.07. The summed E-state index contributed by atoms with van der Waals surface area (Å²) in [6, 6.07) is 5.88. The average Bonchev–Trinajstić information content (AvgIpc) is 2.29. The number of nitrogens with zero attached hydrogens (tertiary/aromatic N) is 1. The largest absolute Gasteiger partial charge is 0.497 e. The van der Waals surface area contributed by atoms with Crippen molar-refractivity contribution < 1.29 is 14.6 Å². The van der Waals surface area contributed by atoms with E-state index in [1.54, 1.807) is 7.11 Å². The summed E-state index contributed by atoms with van der Waals surface area (Å²) in [6.45, 7) is 4.60. The van der Waals surface area contributed by atoms with Gasteiger partial charge in [-0.25, -0.2) is 0 Å². The molecule has 0 bridgehead atoms. The Balaban J connectivity index is 2.83. The molecule has 0 unspecified atom stereocenters. The molecule has 1 rings (SSSR count). The van der Waals surface area contributed by atoms with E-state index in [9.17, 15) is 4.79 Å². The maximum atomic E-state index is 10.8. The quantitative estimate of drug-likeness (QED) is 0.877. The topological polar surface area (TPSA) is 49.8 Å². The van der Waals surface area contributed by atoms with E-state index in [2.05, 4.69) is 15.9 Å². The van der Waals surface area contributed by atoms with Crippen LogP contribution in [-0.2, 0) is 11.3 Å². The molecule has 1 N–H and O–H groups in total. The van der Waals surface area contributed by atoms with E-state index in [1.807, 2.05) is 36.9 Å². The second kappa shape index (κ2) is 6.75. The Morgan fingerprint density at radius 1 is 1.50 bits per heavy atom. The molecule has 0 amide bonds. The number of carboxylic acid groups (broad SMARTS) is 1. The summed E-state index contributed by atoms with van der Waals surface area (Å²) in [6.07, 6.45) is 0. The number of carbonyl (C=O) groups is 1. The number of carboxylic acids is 1. The van der Waals surface area contributed by atoms with E-state index < -0.39 is 5.97 Å². The molecule has 1 aromatic carbocycles. The molecule has 0 atom stereocenters. The van der Waals surface area contributed by atoms with Gasteiger partial charge in [-0.3, -0.25) is 9.69 Å². The van der Waals surface area contributed by atoms with Gasteiger partial charge in [0.2, 0.25) is 0 Å². The fourth-order valence-electron chi connectivity index (χ4n) is 1.60. The highest BCUT2D eigenvalue weighted by molar-refractivity contribution is 9.10. The van der Waals surface area contributed by atoms with Crippen LogP contribution in [0.25, 0.3) is 0 Å². The summed E-state index contributed by atoms with van der Waals surface area (Å²) in [4.78, 5) is 12.7. The van der Waals surface area contributed by atoms with Gasteiger partial charge in [0.1, 0.15) is 5.75 Å². The van der Waals surface area contributed by atoms with Crippen LogP contribution in [0, 0.1) is 0 Å². The Labute approximate surface area is 116 Å². The molecule has 0 spiro atoms. The van der Waals surface area contributed by atoms with Crippen molar-refractivity contribution in [2.45, 2.75) is 26.4 Å². The number of rotatable bonds is 6. The first-order chi connectivity index (χ1) is 8.43. The third kappa shape index (κ3) is 4.31. The van der Waals surface area contributed by atoms with Crippen LogP contribution in [-0.4, -0.2) is 35.7 Å². The lowest BCUT2D eigenvalue weighted by atomic mass is 10.2. The van der Waals surface area contributed by atoms with Crippen LogP contribution in [0.2, 0.25) is 0 Å². The van der Waals surface area contributed by atoms with Crippen molar-refractivity contribution in [2.24, 2.45) is 0 Å². The fourth-order valence-corrected chi connectivity index (χ4v) is 2.08. The van der Waals surface area contributed by atoms with Gasteiger partial charge in [-0.15, -0.1) is 0 Å². The molecule has 0 saturated carbocycles. The highest BCUT2D eigenvalue weighted by Crippen LogP contribution is 2.24. The first kappa shape index (κ1) is 15.0. The van der Waals surface area contributed by atoms with E-state index in [-0.39, 0.29) is 12.6 Å². The monoisotopic (exact) mass is 315 g/mol. The molecule has 18 heavy (non-hydrogen) atoms. The van der Waals surface area contributed by atoms with Gasteiger partial charge in [-0.2, -0.15) is 0 Å². The Morgan fingerprint density at radius 2 is 2.17 bits per heavy atom. The Morgan fingerprint density at radius 3 is 2.61 bits per heavy atom. The second-order valence-corrected chi connectivity index (χ2v) is 5.20. The average molecular weight is 316 g/mol. The number of hydrogen-bond donors (Lipinski definition) is 1. The predicted octanol–water partition coefficient (Wildman–Crippen LogP) is 2.75. The smallest absolute Gasteiger partial charge is 0.317 e. The van der Waals surface area contributed by atoms with Crippen molar-refractivity contribution in [1.29, 1.82) is 0 Å². The molecule has 1 aromatic rings. The summed E-state index contributed by atoms with van der Waals surface area (Å²) < 4.78 is 6.06. The minimum absolute atomic E-state index is 0.0378. The van der Waals surface area contributed by atoms with Crippen LogP contribution < -0.4 is 4.74 Å². The van der Waals surface area contributed by atoms with E-state index >= 15 is 0 Å². The van der Waals surface area contributed by atoms with Crippen LogP contribution in [0.15, 0.2) is 22.7 Å². The lowest BCUT2D eigenvalue weighted by molar-refractivity contribution is -0.138. The van der Waals surface area contributed by atoms with Crippen molar-refractivity contribution in [1.82, 2.24) is 4.90 Å². The SMILES string of the molecule is COc1ccc(CN(CC(=O)O)C(C)C)c(Br)c1. The van der Waals surface area contributed by atoms with Crippen LogP contribution in [0.3, 0.4) is 0 Å². The van der Waals surface area contributed by atoms with Crippen molar-refractivity contribution in [3.05, 3.63) is 28.2 Å².